The van der Waals surface area contributed by atoms with Crippen molar-refractivity contribution in [3.63, 3.8) is 0 Å². The summed E-state index contributed by atoms with van der Waals surface area (Å²) in [6, 6.07) is 0. The van der Waals surface area contributed by atoms with Crippen LogP contribution in [-0.2, 0) is 4.74 Å². The van der Waals surface area contributed by atoms with Gasteiger partial charge < -0.3 is 10.5 Å². The van der Waals surface area contributed by atoms with Crippen LogP contribution in [0.5, 0.6) is 0 Å². The van der Waals surface area contributed by atoms with Crippen molar-refractivity contribution < 1.29 is 4.74 Å². The Bertz CT molecular complexity index is 49.2. The molecule has 0 aromatic heterocycles. The lowest BCUT2D eigenvalue weighted by Gasteiger charge is -2.00. The quantitative estimate of drug-likeness (QED) is 0.547. The van der Waals surface area contributed by atoms with Crippen LogP contribution < -0.4 is 5.73 Å². The highest BCUT2D eigenvalue weighted by atomic mass is 16.5. The summed E-state index contributed by atoms with van der Waals surface area (Å²) in [7, 11) is 0. The van der Waals surface area contributed by atoms with E-state index in [0.29, 0.717) is 0 Å². The molecule has 61 valence electrons. The third-order valence-corrected chi connectivity index (χ3v) is 1.29. The highest BCUT2D eigenvalue weighted by Crippen LogP contribution is 1.90. The van der Waals surface area contributed by atoms with Crippen LogP contribution in [0.15, 0.2) is 0 Å². The summed E-state index contributed by atoms with van der Waals surface area (Å²) in [5.74, 6) is 0. The molecule has 0 bridgehead atoms. The largest absolute Gasteiger partial charge is 0.381 e. The van der Waals surface area contributed by atoms with Crippen LogP contribution in [0, 0.1) is 6.42 Å². The Morgan fingerprint density at radius 2 is 2.10 bits per heavy atom. The molecule has 0 aliphatic heterocycles. The van der Waals surface area contributed by atoms with E-state index in [1.54, 1.807) is 0 Å². The second-order valence-corrected chi connectivity index (χ2v) is 2.31. The van der Waals surface area contributed by atoms with Gasteiger partial charge >= 0.3 is 0 Å². The first-order valence-corrected chi connectivity index (χ1v) is 3.97. The van der Waals surface area contributed by atoms with Gasteiger partial charge in [0.2, 0.25) is 0 Å². The maximum atomic E-state index is 5.31. The molecule has 0 heterocycles. The van der Waals surface area contributed by atoms with Crippen molar-refractivity contribution in [1.82, 2.24) is 0 Å². The first-order valence-electron chi connectivity index (χ1n) is 3.97. The van der Waals surface area contributed by atoms with Gasteiger partial charge in [0, 0.05) is 13.2 Å². The standard InChI is InChI=1S/C8H18NO/c1-2-3-7-10-8-5-4-6-9/h2H,3-9H2,1H3. The van der Waals surface area contributed by atoms with Crippen LogP contribution in [0.4, 0.5) is 0 Å². The van der Waals surface area contributed by atoms with Crippen molar-refractivity contribution in [2.75, 3.05) is 19.8 Å². The summed E-state index contributed by atoms with van der Waals surface area (Å²) in [5.41, 5.74) is 5.31. The van der Waals surface area contributed by atoms with E-state index in [1.807, 2.05) is 6.92 Å². The fraction of sp³-hybridized carbons (Fsp3) is 0.875. The number of rotatable bonds is 7. The molecule has 0 saturated carbocycles. The molecule has 2 N–H and O–H groups in total. The topological polar surface area (TPSA) is 35.2 Å². The van der Waals surface area contributed by atoms with Gasteiger partial charge in [0.15, 0.2) is 0 Å². The normalized spacial score (nSPS) is 10.2. The summed E-state index contributed by atoms with van der Waals surface area (Å²) in [6.45, 7) is 4.55. The minimum atomic E-state index is 0.781. The first-order chi connectivity index (χ1) is 4.91. The van der Waals surface area contributed by atoms with Gasteiger partial charge in [-0.25, -0.2) is 0 Å². The zero-order valence-electron chi connectivity index (χ0n) is 6.81. The predicted octanol–water partition coefficient (Wildman–Crippen LogP) is 1.36. The molecule has 0 aromatic carbocycles. The molecular weight excluding hydrogens is 126 g/mol. The summed E-state index contributed by atoms with van der Waals surface area (Å²) in [6.07, 6.45) is 5.35. The number of hydrogen-bond acceptors (Lipinski definition) is 2. The minimum absolute atomic E-state index is 0.781. The summed E-state index contributed by atoms with van der Waals surface area (Å²) >= 11 is 0. The SMILES string of the molecule is C[CH]CCOCCCCN. The Morgan fingerprint density at radius 3 is 2.70 bits per heavy atom. The Hall–Kier alpha value is -0.0800. The molecule has 10 heavy (non-hydrogen) atoms. The van der Waals surface area contributed by atoms with Gasteiger partial charge in [0.05, 0.1) is 0 Å². The third kappa shape index (κ3) is 7.92. The van der Waals surface area contributed by atoms with Crippen LogP contribution >= 0.6 is 0 Å². The molecule has 2 nitrogen and oxygen atoms in total. The van der Waals surface area contributed by atoms with E-state index in [4.69, 9.17) is 10.5 Å². The lowest BCUT2D eigenvalue weighted by Crippen LogP contribution is -2.02. The summed E-state index contributed by atoms with van der Waals surface area (Å²) in [4.78, 5) is 0. The van der Waals surface area contributed by atoms with Gasteiger partial charge in [-0.05, 0) is 32.2 Å². The minimum Gasteiger partial charge on any atom is -0.381 e. The Morgan fingerprint density at radius 1 is 1.30 bits per heavy atom. The van der Waals surface area contributed by atoms with Crippen LogP contribution in [-0.4, -0.2) is 19.8 Å². The van der Waals surface area contributed by atoms with Crippen molar-refractivity contribution >= 4 is 0 Å². The first kappa shape index (κ1) is 9.92. The Balaban J connectivity index is 2.65. The molecule has 0 amide bonds. The molecule has 0 fully saturated rings. The van der Waals surface area contributed by atoms with Gasteiger partial charge in [-0.15, -0.1) is 0 Å². The molecule has 0 aliphatic rings. The van der Waals surface area contributed by atoms with E-state index in [0.717, 1.165) is 39.0 Å². The number of hydrogen-bond donors (Lipinski definition) is 1. The second-order valence-electron chi connectivity index (χ2n) is 2.31. The van der Waals surface area contributed by atoms with Crippen molar-refractivity contribution in [3.8, 4) is 0 Å². The van der Waals surface area contributed by atoms with E-state index < -0.39 is 0 Å². The summed E-state index contributed by atoms with van der Waals surface area (Å²) < 4.78 is 5.29. The molecule has 0 aromatic rings. The monoisotopic (exact) mass is 144 g/mol. The Labute approximate surface area is 63.7 Å². The smallest absolute Gasteiger partial charge is 0.0468 e. The molecule has 0 unspecified atom stereocenters. The predicted molar refractivity (Wildman–Crippen MR) is 43.7 cm³/mol. The molecule has 1 radical (unpaired) electrons. The zero-order valence-corrected chi connectivity index (χ0v) is 6.81. The molecule has 2 heteroatoms. The highest BCUT2D eigenvalue weighted by Gasteiger charge is 1.86. The summed E-state index contributed by atoms with van der Waals surface area (Å²) in [5, 5.41) is 0. The molecule has 0 saturated heterocycles. The van der Waals surface area contributed by atoms with Crippen LogP contribution in [0.25, 0.3) is 0 Å². The van der Waals surface area contributed by atoms with E-state index in [9.17, 15) is 0 Å². The van der Waals surface area contributed by atoms with Crippen molar-refractivity contribution in [1.29, 1.82) is 0 Å². The van der Waals surface area contributed by atoms with Crippen molar-refractivity contribution in [2.24, 2.45) is 5.73 Å². The van der Waals surface area contributed by atoms with E-state index >= 15 is 0 Å². The maximum absolute atomic E-state index is 5.31. The molecule has 0 aliphatic carbocycles. The fourth-order valence-electron chi connectivity index (χ4n) is 0.652. The van der Waals surface area contributed by atoms with E-state index in [1.165, 1.54) is 0 Å². The highest BCUT2D eigenvalue weighted by molar-refractivity contribution is 4.53. The van der Waals surface area contributed by atoms with Crippen LogP contribution in [0.3, 0.4) is 0 Å². The average molecular weight is 144 g/mol. The van der Waals surface area contributed by atoms with Crippen LogP contribution in [0.1, 0.15) is 26.2 Å². The van der Waals surface area contributed by atoms with Gasteiger partial charge in [0.1, 0.15) is 0 Å². The van der Waals surface area contributed by atoms with Crippen LogP contribution in [0.2, 0.25) is 0 Å². The number of nitrogens with two attached hydrogens (primary N) is 1. The lowest BCUT2D eigenvalue weighted by atomic mass is 10.3. The van der Waals surface area contributed by atoms with Gasteiger partial charge in [-0.3, -0.25) is 0 Å². The van der Waals surface area contributed by atoms with Crippen molar-refractivity contribution in [2.45, 2.75) is 26.2 Å². The molecular formula is C8H18NO. The fourth-order valence-corrected chi connectivity index (χ4v) is 0.652. The molecule has 0 atom stereocenters. The molecule has 0 spiro atoms. The third-order valence-electron chi connectivity index (χ3n) is 1.29. The van der Waals surface area contributed by atoms with Crippen molar-refractivity contribution in [3.05, 3.63) is 6.42 Å². The van der Waals surface area contributed by atoms with E-state index in [2.05, 4.69) is 6.42 Å². The average Bonchev–Trinajstić information content (AvgIpc) is 1.97. The van der Waals surface area contributed by atoms with Gasteiger partial charge in [0.25, 0.3) is 0 Å². The van der Waals surface area contributed by atoms with Gasteiger partial charge in [-0.1, -0.05) is 6.92 Å². The Kier molecular flexibility index (Phi) is 8.85. The second kappa shape index (κ2) is 8.92. The van der Waals surface area contributed by atoms with Gasteiger partial charge in [-0.2, -0.15) is 0 Å². The zero-order chi connectivity index (χ0) is 7.66. The lowest BCUT2D eigenvalue weighted by molar-refractivity contribution is 0.133. The van der Waals surface area contributed by atoms with E-state index in [-0.39, 0.29) is 0 Å². The maximum Gasteiger partial charge on any atom is 0.0468 e. The number of ether oxygens (including phenoxy) is 1. The molecule has 0 rings (SSSR count). The number of unbranched alkanes of at least 4 members (excludes halogenated alkanes) is 2.